The fourth-order valence-corrected chi connectivity index (χ4v) is 1.92. The molecular weight excluding hydrogens is 196 g/mol. The van der Waals surface area contributed by atoms with Crippen molar-refractivity contribution >= 4 is 11.6 Å². The van der Waals surface area contributed by atoms with Gasteiger partial charge in [-0.05, 0) is 12.8 Å². The van der Waals surface area contributed by atoms with E-state index < -0.39 is 0 Å². The van der Waals surface area contributed by atoms with E-state index in [4.69, 9.17) is 11.6 Å². The van der Waals surface area contributed by atoms with Gasteiger partial charge < -0.3 is 0 Å². The molecule has 0 saturated heterocycles. The Bertz CT molecular complexity index is 309. The monoisotopic (exact) mass is 212 g/mol. The first kappa shape index (κ1) is 11.4. The first-order chi connectivity index (χ1) is 6.43. The Morgan fingerprint density at radius 1 is 1.00 bits per heavy atom. The molecule has 0 atom stereocenters. The highest BCUT2D eigenvalue weighted by Crippen LogP contribution is 2.26. The standard InChI is InChI=1S/C11H17ClN2/c1-6(2)9-8(5)13-11(7(3)4)14-10(9)12/h6-7H,1-5H3. The van der Waals surface area contributed by atoms with Gasteiger partial charge in [0, 0.05) is 17.2 Å². The number of halogens is 1. The Labute approximate surface area is 90.7 Å². The van der Waals surface area contributed by atoms with Crippen LogP contribution in [-0.2, 0) is 0 Å². The van der Waals surface area contributed by atoms with E-state index in [1.165, 1.54) is 0 Å². The van der Waals surface area contributed by atoms with Gasteiger partial charge in [-0.3, -0.25) is 0 Å². The number of nitrogens with zero attached hydrogens (tertiary/aromatic N) is 2. The van der Waals surface area contributed by atoms with E-state index in [0.29, 0.717) is 17.0 Å². The summed E-state index contributed by atoms with van der Waals surface area (Å²) in [7, 11) is 0. The molecular formula is C11H17ClN2. The van der Waals surface area contributed by atoms with Crippen LogP contribution in [0.4, 0.5) is 0 Å². The van der Waals surface area contributed by atoms with Crippen molar-refractivity contribution in [1.29, 1.82) is 0 Å². The molecule has 78 valence electrons. The maximum absolute atomic E-state index is 6.12. The number of aromatic nitrogens is 2. The van der Waals surface area contributed by atoms with Crippen LogP contribution in [0.25, 0.3) is 0 Å². The van der Waals surface area contributed by atoms with Crippen molar-refractivity contribution in [3.63, 3.8) is 0 Å². The summed E-state index contributed by atoms with van der Waals surface area (Å²) in [4.78, 5) is 8.77. The summed E-state index contributed by atoms with van der Waals surface area (Å²) in [6, 6.07) is 0. The Hall–Kier alpha value is -0.630. The maximum Gasteiger partial charge on any atom is 0.136 e. The Morgan fingerprint density at radius 2 is 1.57 bits per heavy atom. The van der Waals surface area contributed by atoms with Crippen LogP contribution in [-0.4, -0.2) is 9.97 Å². The van der Waals surface area contributed by atoms with Crippen LogP contribution in [0.1, 0.15) is 56.6 Å². The highest BCUT2D eigenvalue weighted by Gasteiger charge is 2.14. The molecule has 0 bridgehead atoms. The third kappa shape index (κ3) is 2.24. The Balaban J connectivity index is 3.25. The van der Waals surface area contributed by atoms with E-state index in [-0.39, 0.29) is 0 Å². The quantitative estimate of drug-likeness (QED) is 0.699. The van der Waals surface area contributed by atoms with Gasteiger partial charge in [0.15, 0.2) is 0 Å². The van der Waals surface area contributed by atoms with Crippen molar-refractivity contribution in [3.8, 4) is 0 Å². The second-order valence-electron chi connectivity index (χ2n) is 4.18. The van der Waals surface area contributed by atoms with E-state index in [2.05, 4.69) is 37.7 Å². The SMILES string of the molecule is Cc1nc(C(C)C)nc(Cl)c1C(C)C. The minimum Gasteiger partial charge on any atom is -0.238 e. The molecule has 0 aliphatic heterocycles. The molecule has 0 amide bonds. The number of hydrogen-bond donors (Lipinski definition) is 0. The fourth-order valence-electron chi connectivity index (χ4n) is 1.48. The second-order valence-corrected chi connectivity index (χ2v) is 4.54. The van der Waals surface area contributed by atoms with Gasteiger partial charge in [0.2, 0.25) is 0 Å². The van der Waals surface area contributed by atoms with Gasteiger partial charge in [-0.1, -0.05) is 39.3 Å². The second kappa shape index (κ2) is 4.26. The van der Waals surface area contributed by atoms with Crippen molar-refractivity contribution < 1.29 is 0 Å². The molecule has 0 N–H and O–H groups in total. The minimum atomic E-state index is 0.326. The molecule has 1 aromatic rings. The smallest absolute Gasteiger partial charge is 0.136 e. The summed E-state index contributed by atoms with van der Waals surface area (Å²) in [5.41, 5.74) is 2.07. The molecule has 0 unspecified atom stereocenters. The summed E-state index contributed by atoms with van der Waals surface area (Å²) in [5, 5.41) is 0.608. The van der Waals surface area contributed by atoms with E-state index in [1.807, 2.05) is 6.92 Å². The zero-order valence-corrected chi connectivity index (χ0v) is 10.2. The fraction of sp³-hybridized carbons (Fsp3) is 0.636. The number of rotatable bonds is 2. The zero-order chi connectivity index (χ0) is 10.9. The van der Waals surface area contributed by atoms with Crippen LogP contribution in [0.3, 0.4) is 0 Å². The summed E-state index contributed by atoms with van der Waals surface area (Å²) in [5.74, 6) is 1.54. The molecule has 1 aromatic heterocycles. The third-order valence-electron chi connectivity index (χ3n) is 2.20. The Morgan fingerprint density at radius 3 is 1.93 bits per heavy atom. The lowest BCUT2D eigenvalue weighted by Crippen LogP contribution is -2.05. The predicted molar refractivity (Wildman–Crippen MR) is 60.0 cm³/mol. The molecule has 1 heterocycles. The van der Waals surface area contributed by atoms with E-state index in [0.717, 1.165) is 17.1 Å². The van der Waals surface area contributed by atoms with Gasteiger partial charge in [-0.25, -0.2) is 9.97 Å². The van der Waals surface area contributed by atoms with Crippen molar-refractivity contribution in [2.75, 3.05) is 0 Å². The average Bonchev–Trinajstić information content (AvgIpc) is 2.01. The molecule has 14 heavy (non-hydrogen) atoms. The van der Waals surface area contributed by atoms with Crippen molar-refractivity contribution in [1.82, 2.24) is 9.97 Å². The van der Waals surface area contributed by atoms with Gasteiger partial charge in [0.25, 0.3) is 0 Å². The number of hydrogen-bond acceptors (Lipinski definition) is 2. The first-order valence-electron chi connectivity index (χ1n) is 4.97. The first-order valence-corrected chi connectivity index (χ1v) is 5.35. The zero-order valence-electron chi connectivity index (χ0n) is 9.43. The molecule has 0 radical (unpaired) electrons. The topological polar surface area (TPSA) is 25.8 Å². The predicted octanol–water partition coefficient (Wildman–Crippen LogP) is 3.69. The van der Waals surface area contributed by atoms with Crippen LogP contribution in [0, 0.1) is 6.92 Å². The van der Waals surface area contributed by atoms with Crippen LogP contribution in [0.2, 0.25) is 5.15 Å². The number of aryl methyl sites for hydroxylation is 1. The van der Waals surface area contributed by atoms with Crippen LogP contribution >= 0.6 is 11.6 Å². The molecule has 0 fully saturated rings. The summed E-state index contributed by atoms with van der Waals surface area (Å²) in [6.45, 7) is 10.3. The van der Waals surface area contributed by atoms with Crippen LogP contribution in [0.15, 0.2) is 0 Å². The summed E-state index contributed by atoms with van der Waals surface area (Å²) in [6.07, 6.45) is 0. The van der Waals surface area contributed by atoms with E-state index >= 15 is 0 Å². The molecule has 1 rings (SSSR count). The Kier molecular flexibility index (Phi) is 3.48. The maximum atomic E-state index is 6.12. The third-order valence-corrected chi connectivity index (χ3v) is 2.49. The molecule has 2 nitrogen and oxygen atoms in total. The van der Waals surface area contributed by atoms with Crippen molar-refractivity contribution in [2.45, 2.75) is 46.5 Å². The largest absolute Gasteiger partial charge is 0.238 e. The summed E-state index contributed by atoms with van der Waals surface area (Å²) < 4.78 is 0. The highest BCUT2D eigenvalue weighted by atomic mass is 35.5. The molecule has 0 spiro atoms. The van der Waals surface area contributed by atoms with E-state index in [9.17, 15) is 0 Å². The van der Waals surface area contributed by atoms with Gasteiger partial charge >= 0.3 is 0 Å². The normalized spacial score (nSPS) is 11.4. The van der Waals surface area contributed by atoms with Crippen molar-refractivity contribution in [2.24, 2.45) is 0 Å². The summed E-state index contributed by atoms with van der Waals surface area (Å²) >= 11 is 6.12. The molecule has 0 aliphatic rings. The van der Waals surface area contributed by atoms with Crippen LogP contribution < -0.4 is 0 Å². The highest BCUT2D eigenvalue weighted by molar-refractivity contribution is 6.30. The molecule has 0 aliphatic carbocycles. The van der Waals surface area contributed by atoms with Gasteiger partial charge in [-0.15, -0.1) is 0 Å². The average molecular weight is 213 g/mol. The van der Waals surface area contributed by atoms with Gasteiger partial charge in [0.1, 0.15) is 11.0 Å². The lowest BCUT2D eigenvalue weighted by Gasteiger charge is -2.13. The van der Waals surface area contributed by atoms with Gasteiger partial charge in [0.05, 0.1) is 0 Å². The van der Waals surface area contributed by atoms with Crippen molar-refractivity contribution in [3.05, 3.63) is 22.2 Å². The molecule has 3 heteroatoms. The van der Waals surface area contributed by atoms with Crippen LogP contribution in [0.5, 0.6) is 0 Å². The van der Waals surface area contributed by atoms with Gasteiger partial charge in [-0.2, -0.15) is 0 Å². The van der Waals surface area contributed by atoms with E-state index in [1.54, 1.807) is 0 Å². The lowest BCUT2D eigenvalue weighted by atomic mass is 10.0. The minimum absolute atomic E-state index is 0.326. The molecule has 0 aromatic carbocycles. The lowest BCUT2D eigenvalue weighted by molar-refractivity contribution is 0.742. The molecule has 0 saturated carbocycles.